The summed E-state index contributed by atoms with van der Waals surface area (Å²) in [6, 6.07) is 0.336. The average Bonchev–Trinajstić information content (AvgIpc) is 2.93. The van der Waals surface area contributed by atoms with Crippen molar-refractivity contribution in [1.29, 1.82) is 0 Å². The van der Waals surface area contributed by atoms with Crippen molar-refractivity contribution in [3.63, 3.8) is 0 Å². The molecule has 17 heavy (non-hydrogen) atoms. The number of hydrogen-bond acceptors (Lipinski definition) is 3. The van der Waals surface area contributed by atoms with E-state index in [1.165, 1.54) is 19.3 Å². The van der Waals surface area contributed by atoms with Gasteiger partial charge in [-0.3, -0.25) is 9.48 Å². The van der Waals surface area contributed by atoms with Crippen molar-refractivity contribution >= 4 is 11.6 Å². The molecule has 2 aliphatic carbocycles. The molecule has 0 aliphatic heterocycles. The van der Waals surface area contributed by atoms with Gasteiger partial charge in [-0.2, -0.15) is 5.10 Å². The highest BCUT2D eigenvalue weighted by Gasteiger charge is 2.40. The number of anilines is 1. The van der Waals surface area contributed by atoms with Crippen LogP contribution in [0.1, 0.15) is 36.2 Å². The maximum Gasteiger partial charge on any atom is 0.274 e. The van der Waals surface area contributed by atoms with Gasteiger partial charge in [0, 0.05) is 19.3 Å². The molecule has 5 heteroatoms. The fourth-order valence-electron chi connectivity index (χ4n) is 3.34. The Balaban J connectivity index is 1.69. The lowest BCUT2D eigenvalue weighted by atomic mass is 9.95. The summed E-state index contributed by atoms with van der Waals surface area (Å²) in [5.74, 6) is 1.38. The summed E-state index contributed by atoms with van der Waals surface area (Å²) in [4.78, 5) is 12.0. The fourth-order valence-corrected chi connectivity index (χ4v) is 3.34. The van der Waals surface area contributed by atoms with Crippen LogP contribution in [0.25, 0.3) is 0 Å². The standard InChI is InChI=1S/C12H18N4O/c1-16-6-9(13)11(15-16)12(17)14-10-5-7-2-3-8(10)4-7/h6-8,10H,2-5,13H2,1H3,(H,14,17). The maximum absolute atomic E-state index is 12.0. The first kappa shape index (κ1) is 10.6. The minimum atomic E-state index is -0.124. The zero-order chi connectivity index (χ0) is 12.0. The predicted octanol–water partition coefficient (Wildman–Crippen LogP) is 0.921. The average molecular weight is 234 g/mol. The first-order chi connectivity index (χ1) is 8.13. The first-order valence-corrected chi connectivity index (χ1v) is 6.23. The van der Waals surface area contributed by atoms with Crippen molar-refractivity contribution in [2.24, 2.45) is 18.9 Å². The van der Waals surface area contributed by atoms with Crippen LogP contribution in [0.5, 0.6) is 0 Å². The summed E-state index contributed by atoms with van der Waals surface area (Å²) < 4.78 is 1.57. The highest BCUT2D eigenvalue weighted by Crippen LogP contribution is 2.44. The van der Waals surface area contributed by atoms with E-state index in [1.807, 2.05) is 0 Å². The number of fused-ring (bicyclic) bond motifs is 2. The quantitative estimate of drug-likeness (QED) is 0.799. The number of nitrogens with one attached hydrogen (secondary N) is 1. The van der Waals surface area contributed by atoms with Crippen LogP contribution >= 0.6 is 0 Å². The Morgan fingerprint density at radius 1 is 1.53 bits per heavy atom. The van der Waals surface area contributed by atoms with E-state index >= 15 is 0 Å². The van der Waals surface area contributed by atoms with E-state index in [4.69, 9.17) is 5.73 Å². The van der Waals surface area contributed by atoms with Crippen LogP contribution < -0.4 is 11.1 Å². The number of hydrogen-bond donors (Lipinski definition) is 2. The molecular weight excluding hydrogens is 216 g/mol. The van der Waals surface area contributed by atoms with Crippen molar-refractivity contribution in [3.8, 4) is 0 Å². The molecule has 3 atom stereocenters. The zero-order valence-electron chi connectivity index (χ0n) is 10.0. The molecule has 1 amide bonds. The topological polar surface area (TPSA) is 72.9 Å². The van der Waals surface area contributed by atoms with Crippen LogP contribution in [0.4, 0.5) is 5.69 Å². The van der Waals surface area contributed by atoms with E-state index in [0.29, 0.717) is 23.3 Å². The number of carbonyl (C=O) groups is 1. The van der Waals surface area contributed by atoms with Crippen molar-refractivity contribution < 1.29 is 4.79 Å². The van der Waals surface area contributed by atoms with Crippen LogP contribution in [-0.4, -0.2) is 21.7 Å². The van der Waals surface area contributed by atoms with Gasteiger partial charge in [-0.1, -0.05) is 6.42 Å². The van der Waals surface area contributed by atoms with Gasteiger partial charge in [-0.25, -0.2) is 0 Å². The molecule has 3 N–H and O–H groups in total. The van der Waals surface area contributed by atoms with Gasteiger partial charge in [0.1, 0.15) is 0 Å². The molecule has 0 spiro atoms. The highest BCUT2D eigenvalue weighted by molar-refractivity contribution is 5.97. The summed E-state index contributed by atoms with van der Waals surface area (Å²) in [5.41, 5.74) is 6.56. The maximum atomic E-state index is 12.0. The van der Waals surface area contributed by atoms with Crippen LogP contribution in [0.3, 0.4) is 0 Å². The normalized spacial score (nSPS) is 30.8. The Hall–Kier alpha value is -1.52. The van der Waals surface area contributed by atoms with E-state index in [2.05, 4.69) is 10.4 Å². The summed E-state index contributed by atoms with van der Waals surface area (Å²) >= 11 is 0. The number of carbonyl (C=O) groups excluding carboxylic acids is 1. The molecule has 2 fully saturated rings. The third kappa shape index (κ3) is 1.79. The van der Waals surface area contributed by atoms with Crippen molar-refractivity contribution in [1.82, 2.24) is 15.1 Å². The smallest absolute Gasteiger partial charge is 0.274 e. The zero-order valence-corrected chi connectivity index (χ0v) is 10.0. The molecule has 0 saturated heterocycles. The third-order valence-corrected chi connectivity index (χ3v) is 4.13. The van der Waals surface area contributed by atoms with Crippen LogP contribution in [0.15, 0.2) is 6.20 Å². The van der Waals surface area contributed by atoms with Gasteiger partial charge in [0.05, 0.1) is 5.69 Å². The summed E-state index contributed by atoms with van der Waals surface area (Å²) in [6.07, 6.45) is 6.66. The lowest BCUT2D eigenvalue weighted by molar-refractivity contribution is 0.0918. The molecular formula is C12H18N4O. The largest absolute Gasteiger partial charge is 0.396 e. The second-order valence-electron chi connectivity index (χ2n) is 5.36. The molecule has 3 rings (SSSR count). The monoisotopic (exact) mass is 234 g/mol. The molecule has 1 aromatic rings. The number of aryl methyl sites for hydroxylation is 1. The Morgan fingerprint density at radius 3 is 2.88 bits per heavy atom. The van der Waals surface area contributed by atoms with Gasteiger partial charge in [0.15, 0.2) is 5.69 Å². The van der Waals surface area contributed by atoms with Crippen LogP contribution in [0, 0.1) is 11.8 Å². The number of amides is 1. The van der Waals surface area contributed by atoms with Crippen LogP contribution in [0.2, 0.25) is 0 Å². The Kier molecular flexibility index (Phi) is 2.34. The Labute approximate surface area is 100 Å². The second-order valence-corrected chi connectivity index (χ2v) is 5.36. The molecule has 5 nitrogen and oxygen atoms in total. The summed E-state index contributed by atoms with van der Waals surface area (Å²) in [7, 11) is 1.77. The van der Waals surface area contributed by atoms with Gasteiger partial charge in [-0.05, 0) is 31.1 Å². The molecule has 92 valence electrons. The summed E-state index contributed by atoms with van der Waals surface area (Å²) in [6.45, 7) is 0. The SMILES string of the molecule is Cn1cc(N)c(C(=O)NC2CC3CCC2C3)n1. The molecule has 0 radical (unpaired) electrons. The lowest BCUT2D eigenvalue weighted by Gasteiger charge is -2.22. The molecule has 1 heterocycles. The minimum Gasteiger partial charge on any atom is -0.396 e. The molecule has 2 saturated carbocycles. The Bertz CT molecular complexity index is 453. The molecule has 3 unspecified atom stereocenters. The second kappa shape index (κ2) is 3.75. The van der Waals surface area contributed by atoms with Gasteiger partial charge in [0.2, 0.25) is 0 Å². The minimum absolute atomic E-state index is 0.124. The lowest BCUT2D eigenvalue weighted by Crippen LogP contribution is -2.38. The fraction of sp³-hybridized carbons (Fsp3) is 0.667. The third-order valence-electron chi connectivity index (χ3n) is 4.13. The van der Waals surface area contributed by atoms with Crippen molar-refractivity contribution in [3.05, 3.63) is 11.9 Å². The van der Waals surface area contributed by atoms with E-state index in [1.54, 1.807) is 17.9 Å². The van der Waals surface area contributed by atoms with Gasteiger partial charge < -0.3 is 11.1 Å². The summed E-state index contributed by atoms with van der Waals surface area (Å²) in [5, 5.41) is 7.18. The van der Waals surface area contributed by atoms with E-state index in [9.17, 15) is 4.79 Å². The predicted molar refractivity (Wildman–Crippen MR) is 64.3 cm³/mol. The van der Waals surface area contributed by atoms with E-state index in [0.717, 1.165) is 12.3 Å². The molecule has 2 bridgehead atoms. The number of aromatic nitrogens is 2. The highest BCUT2D eigenvalue weighted by atomic mass is 16.2. The van der Waals surface area contributed by atoms with E-state index < -0.39 is 0 Å². The molecule has 1 aromatic heterocycles. The van der Waals surface area contributed by atoms with Gasteiger partial charge in [-0.15, -0.1) is 0 Å². The number of nitrogens with zero attached hydrogens (tertiary/aromatic N) is 2. The van der Waals surface area contributed by atoms with Crippen molar-refractivity contribution in [2.75, 3.05) is 5.73 Å². The molecule has 2 aliphatic rings. The van der Waals surface area contributed by atoms with Crippen molar-refractivity contribution in [2.45, 2.75) is 31.7 Å². The first-order valence-electron chi connectivity index (χ1n) is 6.23. The van der Waals surface area contributed by atoms with E-state index in [-0.39, 0.29) is 5.91 Å². The van der Waals surface area contributed by atoms with Gasteiger partial charge in [0.25, 0.3) is 5.91 Å². The van der Waals surface area contributed by atoms with Gasteiger partial charge >= 0.3 is 0 Å². The van der Waals surface area contributed by atoms with Crippen LogP contribution in [-0.2, 0) is 7.05 Å². The molecule has 0 aromatic carbocycles. The Morgan fingerprint density at radius 2 is 2.35 bits per heavy atom. The number of nitrogens with two attached hydrogens (primary N) is 1. The number of rotatable bonds is 2. The number of nitrogen functional groups attached to an aromatic ring is 1.